The van der Waals surface area contributed by atoms with E-state index < -0.39 is 0 Å². The molecule has 0 aliphatic rings. The van der Waals surface area contributed by atoms with Gasteiger partial charge < -0.3 is 14.6 Å². The van der Waals surface area contributed by atoms with Gasteiger partial charge in [-0.2, -0.15) is 0 Å². The maximum atomic E-state index is 12.3. The minimum absolute atomic E-state index is 0.0231. The fraction of sp³-hybridized carbons (Fsp3) is 0.714. The Kier molecular flexibility index (Phi) is 7.18. The zero-order valence-corrected chi connectivity index (χ0v) is 12.0. The Morgan fingerprint density at radius 2 is 2.16 bits per heavy atom. The lowest BCUT2D eigenvalue weighted by Crippen LogP contribution is -2.35. The zero-order chi connectivity index (χ0) is 14.1. The molecule has 0 radical (unpaired) electrons. The summed E-state index contributed by atoms with van der Waals surface area (Å²) in [5.74, 6) is 0.114. The molecule has 108 valence electrons. The Hall–Kier alpha value is -1.36. The predicted molar refractivity (Wildman–Crippen MR) is 74.7 cm³/mol. The molecule has 1 heterocycles. The van der Waals surface area contributed by atoms with Gasteiger partial charge in [0.15, 0.2) is 0 Å². The summed E-state index contributed by atoms with van der Waals surface area (Å²) >= 11 is 0. The molecule has 0 saturated carbocycles. The van der Waals surface area contributed by atoms with E-state index in [-0.39, 0.29) is 18.6 Å². The molecular weight excluding hydrogens is 242 g/mol. The molecule has 5 nitrogen and oxygen atoms in total. The van der Waals surface area contributed by atoms with E-state index in [0.29, 0.717) is 19.5 Å². The molecular formula is C14H25N3O2. The van der Waals surface area contributed by atoms with Gasteiger partial charge >= 0.3 is 0 Å². The monoisotopic (exact) mass is 267 g/mol. The van der Waals surface area contributed by atoms with Crippen molar-refractivity contribution in [1.29, 1.82) is 0 Å². The summed E-state index contributed by atoms with van der Waals surface area (Å²) in [5, 5.41) is 9.02. The van der Waals surface area contributed by atoms with E-state index in [0.717, 1.165) is 19.3 Å². The van der Waals surface area contributed by atoms with Crippen LogP contribution in [0, 0.1) is 0 Å². The molecule has 5 heteroatoms. The van der Waals surface area contributed by atoms with Gasteiger partial charge in [-0.3, -0.25) is 4.79 Å². The predicted octanol–water partition coefficient (Wildman–Crippen LogP) is 1.85. The summed E-state index contributed by atoms with van der Waals surface area (Å²) in [6.07, 6.45) is 8.79. The molecule has 0 aliphatic carbocycles. The van der Waals surface area contributed by atoms with Gasteiger partial charge in [0.25, 0.3) is 0 Å². The number of aliphatic hydroxyl groups excluding tert-OH is 1. The lowest BCUT2D eigenvalue weighted by atomic mass is 10.1. The average molecular weight is 267 g/mol. The third kappa shape index (κ3) is 5.03. The maximum absolute atomic E-state index is 12.3. The highest BCUT2D eigenvalue weighted by Crippen LogP contribution is 2.19. The number of rotatable bonds is 9. The number of aliphatic hydroxyl groups is 1. The van der Waals surface area contributed by atoms with E-state index in [1.807, 2.05) is 17.7 Å². The first-order valence-electron chi connectivity index (χ1n) is 7.09. The molecule has 1 aromatic rings. The van der Waals surface area contributed by atoms with Crippen LogP contribution in [0.5, 0.6) is 0 Å². The Morgan fingerprint density at radius 3 is 2.68 bits per heavy atom. The Morgan fingerprint density at radius 1 is 1.37 bits per heavy atom. The summed E-state index contributed by atoms with van der Waals surface area (Å²) in [6, 6.07) is 0.165. The molecule has 0 bridgehead atoms. The van der Waals surface area contributed by atoms with Crippen molar-refractivity contribution in [2.75, 3.05) is 19.7 Å². The van der Waals surface area contributed by atoms with Crippen molar-refractivity contribution in [2.24, 2.45) is 0 Å². The first-order chi connectivity index (χ1) is 9.22. The lowest BCUT2D eigenvalue weighted by Gasteiger charge is -2.24. The number of aromatic nitrogens is 2. The molecule has 1 rings (SSSR count). The highest BCUT2D eigenvalue weighted by Gasteiger charge is 2.19. The summed E-state index contributed by atoms with van der Waals surface area (Å²) < 4.78 is 2.00. The van der Waals surface area contributed by atoms with Gasteiger partial charge in [0.1, 0.15) is 0 Å². The Labute approximate surface area is 115 Å². The fourth-order valence-corrected chi connectivity index (χ4v) is 2.26. The summed E-state index contributed by atoms with van der Waals surface area (Å²) in [6.45, 7) is 5.32. The highest BCUT2D eigenvalue weighted by atomic mass is 16.3. The summed E-state index contributed by atoms with van der Waals surface area (Å²) in [7, 11) is 0. The standard InChI is InChI=1S/C14H25N3O2/c1-3-5-13(17-8-6-15-12-17)11-14(19)16(7-4-2)9-10-18/h6,8,12-13,18H,3-5,7,9-11H2,1-2H3. The third-order valence-electron chi connectivity index (χ3n) is 3.19. The van der Waals surface area contributed by atoms with Gasteiger partial charge in [0.2, 0.25) is 5.91 Å². The molecule has 1 aromatic heterocycles. The van der Waals surface area contributed by atoms with Gasteiger partial charge in [-0.15, -0.1) is 0 Å². The third-order valence-corrected chi connectivity index (χ3v) is 3.19. The van der Waals surface area contributed by atoms with Crippen molar-refractivity contribution in [3.63, 3.8) is 0 Å². The van der Waals surface area contributed by atoms with Crippen LogP contribution in [-0.2, 0) is 4.79 Å². The molecule has 19 heavy (non-hydrogen) atoms. The number of hydrogen-bond acceptors (Lipinski definition) is 3. The summed E-state index contributed by atoms with van der Waals surface area (Å²) in [4.78, 5) is 18.1. The minimum atomic E-state index is 0.0231. The molecule has 1 amide bonds. The van der Waals surface area contributed by atoms with Crippen molar-refractivity contribution in [3.8, 4) is 0 Å². The van der Waals surface area contributed by atoms with Crippen LogP contribution in [0.15, 0.2) is 18.7 Å². The van der Waals surface area contributed by atoms with E-state index in [9.17, 15) is 4.79 Å². The number of carbonyl (C=O) groups is 1. The first-order valence-corrected chi connectivity index (χ1v) is 7.09. The number of imidazole rings is 1. The number of carbonyl (C=O) groups excluding carboxylic acids is 1. The topological polar surface area (TPSA) is 58.4 Å². The van der Waals surface area contributed by atoms with E-state index in [1.54, 1.807) is 17.4 Å². The van der Waals surface area contributed by atoms with Crippen LogP contribution in [0.4, 0.5) is 0 Å². The quantitative estimate of drug-likeness (QED) is 0.743. The second-order valence-electron chi connectivity index (χ2n) is 4.76. The average Bonchev–Trinajstić information content (AvgIpc) is 2.91. The van der Waals surface area contributed by atoms with Crippen LogP contribution < -0.4 is 0 Å². The van der Waals surface area contributed by atoms with Crippen molar-refractivity contribution >= 4 is 5.91 Å². The van der Waals surface area contributed by atoms with Crippen molar-refractivity contribution < 1.29 is 9.90 Å². The van der Waals surface area contributed by atoms with Crippen LogP contribution in [0.25, 0.3) is 0 Å². The normalized spacial score (nSPS) is 12.4. The van der Waals surface area contributed by atoms with Crippen molar-refractivity contribution in [2.45, 2.75) is 45.6 Å². The van der Waals surface area contributed by atoms with Gasteiger partial charge in [-0.05, 0) is 12.8 Å². The van der Waals surface area contributed by atoms with Gasteiger partial charge in [-0.25, -0.2) is 4.98 Å². The highest BCUT2D eigenvalue weighted by molar-refractivity contribution is 5.76. The number of amides is 1. The zero-order valence-electron chi connectivity index (χ0n) is 12.0. The van der Waals surface area contributed by atoms with E-state index in [4.69, 9.17) is 5.11 Å². The molecule has 0 aliphatic heterocycles. The van der Waals surface area contributed by atoms with Gasteiger partial charge in [0.05, 0.1) is 12.9 Å². The fourth-order valence-electron chi connectivity index (χ4n) is 2.26. The molecule has 1 unspecified atom stereocenters. The van der Waals surface area contributed by atoms with Crippen molar-refractivity contribution in [3.05, 3.63) is 18.7 Å². The first kappa shape index (κ1) is 15.7. The molecule has 0 fully saturated rings. The number of nitrogens with zero attached hydrogens (tertiary/aromatic N) is 3. The van der Waals surface area contributed by atoms with Gasteiger partial charge in [0, 0.05) is 37.9 Å². The summed E-state index contributed by atoms with van der Waals surface area (Å²) in [5.41, 5.74) is 0. The lowest BCUT2D eigenvalue weighted by molar-refractivity contribution is -0.132. The van der Waals surface area contributed by atoms with E-state index in [1.165, 1.54) is 0 Å². The smallest absolute Gasteiger partial charge is 0.224 e. The molecule has 0 aromatic carbocycles. The van der Waals surface area contributed by atoms with E-state index >= 15 is 0 Å². The van der Waals surface area contributed by atoms with E-state index in [2.05, 4.69) is 11.9 Å². The SMILES string of the molecule is CCCC(CC(=O)N(CCC)CCO)n1ccnc1. The molecule has 1 N–H and O–H groups in total. The van der Waals surface area contributed by atoms with Crippen molar-refractivity contribution in [1.82, 2.24) is 14.5 Å². The number of hydrogen-bond donors (Lipinski definition) is 1. The Balaban J connectivity index is 2.64. The van der Waals surface area contributed by atoms with Crippen LogP contribution in [-0.4, -0.2) is 45.2 Å². The molecule has 1 atom stereocenters. The van der Waals surface area contributed by atoms with Crippen LogP contribution in [0.2, 0.25) is 0 Å². The van der Waals surface area contributed by atoms with Crippen LogP contribution in [0.1, 0.15) is 45.6 Å². The Bertz CT molecular complexity index is 346. The molecule has 0 spiro atoms. The minimum Gasteiger partial charge on any atom is -0.395 e. The second kappa shape index (κ2) is 8.69. The largest absolute Gasteiger partial charge is 0.395 e. The van der Waals surface area contributed by atoms with Crippen LogP contribution >= 0.6 is 0 Å². The van der Waals surface area contributed by atoms with Crippen LogP contribution in [0.3, 0.4) is 0 Å². The van der Waals surface area contributed by atoms with Gasteiger partial charge in [-0.1, -0.05) is 20.3 Å². The maximum Gasteiger partial charge on any atom is 0.224 e. The second-order valence-corrected chi connectivity index (χ2v) is 4.76. The molecule has 0 saturated heterocycles.